The van der Waals surface area contributed by atoms with Crippen molar-refractivity contribution in [1.82, 2.24) is 0 Å². The van der Waals surface area contributed by atoms with Gasteiger partial charge in [-0.25, -0.2) is 0 Å². The van der Waals surface area contributed by atoms with Crippen LogP contribution in [0.25, 0.3) is 0 Å². The van der Waals surface area contributed by atoms with Gasteiger partial charge in [0.25, 0.3) is 0 Å². The summed E-state index contributed by atoms with van der Waals surface area (Å²) in [6.07, 6.45) is 4.36. The summed E-state index contributed by atoms with van der Waals surface area (Å²) in [4.78, 5) is 0. The zero-order valence-electron chi connectivity index (χ0n) is 1.46. The molecule has 0 radical (unpaired) electrons. The van der Waals surface area contributed by atoms with Crippen LogP contribution in [-0.2, 0) is 0 Å². The van der Waals surface area contributed by atoms with Crippen molar-refractivity contribution >= 4 is 49.3 Å². The second-order valence-electron chi connectivity index (χ2n) is 0.109. The van der Waals surface area contributed by atoms with Crippen LogP contribution in [0.4, 0.5) is 0 Å². The third-order valence-electron chi connectivity index (χ3n) is 0. The first-order valence-electron chi connectivity index (χ1n) is 0.478. The van der Waals surface area contributed by atoms with Crippen molar-refractivity contribution in [2.24, 2.45) is 0 Å². The molecule has 0 N–H and O–H groups in total. The van der Waals surface area contributed by atoms with E-state index in [-0.39, 0.29) is 37.7 Å². The van der Waals surface area contributed by atoms with Crippen molar-refractivity contribution in [3.8, 4) is 11.8 Å². The molecule has 0 bridgehead atoms. The molecule has 0 fully saturated rings. The Bertz CT molecular complexity index is 27.5. The molecule has 0 aliphatic heterocycles. The van der Waals surface area contributed by atoms with Crippen LogP contribution in [0.15, 0.2) is 0 Å². The zero-order valence-corrected chi connectivity index (χ0v) is 2.21. The van der Waals surface area contributed by atoms with Crippen molar-refractivity contribution in [3.05, 3.63) is 0 Å². The maximum atomic E-state index is 4.53. The fourth-order valence-electron chi connectivity index (χ4n) is 0. The molecule has 0 saturated heterocycles. The monoisotopic (exact) mass is 102 g/mol. The first-order valence-corrected chi connectivity index (χ1v) is 0.856. The second-order valence-corrected chi connectivity index (χ2v) is 0.327. The van der Waals surface area contributed by atoms with Crippen LogP contribution < -0.4 is 0 Å². The van der Waals surface area contributed by atoms with Crippen molar-refractivity contribution in [1.29, 1.82) is 0 Å². The third-order valence-corrected chi connectivity index (χ3v) is 0. The van der Waals surface area contributed by atoms with Gasteiger partial charge in [0.05, 0.1) is 0 Å². The van der Waals surface area contributed by atoms with Gasteiger partial charge >= 0.3 is 37.7 Å². The van der Waals surface area contributed by atoms with E-state index >= 15 is 0 Å². The van der Waals surface area contributed by atoms with Gasteiger partial charge in [-0.1, -0.05) is 0 Å². The van der Waals surface area contributed by atoms with Crippen LogP contribution in [0.3, 0.4) is 0 Å². The predicted molar refractivity (Wildman–Crippen MR) is 23.2 cm³/mol. The van der Waals surface area contributed by atoms with E-state index < -0.39 is 0 Å². The summed E-state index contributed by atoms with van der Waals surface area (Å²) < 4.78 is 0. The average molecular weight is 103 g/mol. The van der Waals surface area contributed by atoms with E-state index in [0.29, 0.717) is 0 Å². The van der Waals surface area contributed by atoms with E-state index in [9.17, 15) is 0 Å². The Morgan fingerprint density at radius 1 is 1.75 bits per heavy atom. The molecule has 0 saturated carbocycles. The molecule has 4 heavy (non-hydrogen) atoms. The van der Waals surface area contributed by atoms with Crippen LogP contribution in [0.5, 0.6) is 0 Å². The summed E-state index contributed by atoms with van der Waals surface area (Å²) in [5.74, 6) is 0. The van der Waals surface area contributed by atoms with Crippen molar-refractivity contribution < 1.29 is 0 Å². The van der Waals surface area contributed by atoms with E-state index in [1.54, 1.807) is 5.38 Å². The van der Waals surface area contributed by atoms with Crippen LogP contribution in [0, 0.1) is 11.8 Å². The summed E-state index contributed by atoms with van der Waals surface area (Å²) in [5.41, 5.74) is 0. The molecule has 0 heterocycles. The van der Waals surface area contributed by atoms with Gasteiger partial charge in [-0.2, -0.15) is 0 Å². The standard InChI is InChI=1S/C2HCl.Ca.2H/c1-2-3;;;/h1H;;;. The molecule has 0 aliphatic carbocycles. The van der Waals surface area contributed by atoms with Crippen LogP contribution >= 0.6 is 11.6 Å². The van der Waals surface area contributed by atoms with Gasteiger partial charge in [-0.05, 0) is 11.6 Å². The van der Waals surface area contributed by atoms with Gasteiger partial charge in [-0.3, -0.25) is 0 Å². The first kappa shape index (κ1) is 8.92. The quantitative estimate of drug-likeness (QED) is 0.296. The fourth-order valence-corrected chi connectivity index (χ4v) is 0. The second kappa shape index (κ2) is 8.93. The van der Waals surface area contributed by atoms with Gasteiger partial charge in [0.15, 0.2) is 0 Å². The maximum absolute atomic E-state index is 4.53. The van der Waals surface area contributed by atoms with Gasteiger partial charge in [0.1, 0.15) is 0 Å². The van der Waals surface area contributed by atoms with Gasteiger partial charge in [0.2, 0.25) is 0 Å². The zero-order chi connectivity index (χ0) is 2.71. The summed E-state index contributed by atoms with van der Waals surface area (Å²) in [6.45, 7) is 0. The number of hydrogen-bond acceptors (Lipinski definition) is 0. The molecule has 0 nitrogen and oxygen atoms in total. The number of hydrogen-bond donors (Lipinski definition) is 0. The Kier molecular flexibility index (Phi) is 19.9. The summed E-state index contributed by atoms with van der Waals surface area (Å²) >= 11 is 4.53. The Morgan fingerprint density at radius 3 is 1.75 bits per heavy atom. The fraction of sp³-hybridized carbons (Fsp3) is 0. The van der Waals surface area contributed by atoms with Crippen LogP contribution in [0.2, 0.25) is 0 Å². The van der Waals surface area contributed by atoms with E-state index in [1.165, 1.54) is 0 Å². The first-order chi connectivity index (χ1) is 1.41. The van der Waals surface area contributed by atoms with Crippen molar-refractivity contribution in [2.45, 2.75) is 0 Å². The van der Waals surface area contributed by atoms with E-state index in [1.807, 2.05) is 0 Å². The van der Waals surface area contributed by atoms with E-state index in [4.69, 9.17) is 0 Å². The topological polar surface area (TPSA) is 0 Å². The van der Waals surface area contributed by atoms with E-state index in [2.05, 4.69) is 18.0 Å². The number of terminal acetylenes is 1. The molecule has 0 aromatic rings. The predicted octanol–water partition coefficient (Wildman–Crippen LogP) is -0.100. The molecule has 0 aromatic heterocycles. The van der Waals surface area contributed by atoms with Crippen molar-refractivity contribution in [3.63, 3.8) is 0 Å². The van der Waals surface area contributed by atoms with Gasteiger partial charge in [0, 0.05) is 5.38 Å². The Morgan fingerprint density at radius 2 is 1.75 bits per heavy atom. The molecule has 0 atom stereocenters. The summed E-state index contributed by atoms with van der Waals surface area (Å²) in [5, 5.41) is 1.72. The SMILES string of the molecule is C#CCl.[CaH2]. The molecular weight excluding hydrogens is 99.6 g/mol. The molecule has 0 amide bonds. The third kappa shape index (κ3) is 11.2. The van der Waals surface area contributed by atoms with Crippen LogP contribution in [-0.4, -0.2) is 37.7 Å². The molecule has 0 unspecified atom stereocenters. The molecule has 0 rings (SSSR count). The molecule has 0 spiro atoms. The Balaban J connectivity index is 0. The van der Waals surface area contributed by atoms with Crippen LogP contribution in [0.1, 0.15) is 0 Å². The minimum atomic E-state index is 0. The normalized spacial score (nSPS) is 2.00. The average Bonchev–Trinajstić information content (AvgIpc) is 0.918. The Hall–Kier alpha value is 1.11. The Labute approximate surface area is 60.5 Å². The number of halogens is 1. The molecular formula is C2H3CaCl. The van der Waals surface area contributed by atoms with Gasteiger partial charge < -0.3 is 0 Å². The number of rotatable bonds is 0. The minimum absolute atomic E-state index is 0. The molecule has 0 aliphatic rings. The van der Waals surface area contributed by atoms with Crippen molar-refractivity contribution in [2.75, 3.05) is 0 Å². The van der Waals surface area contributed by atoms with Gasteiger partial charge in [-0.15, -0.1) is 6.42 Å². The molecule has 2 heteroatoms. The van der Waals surface area contributed by atoms with E-state index in [0.717, 1.165) is 0 Å². The summed E-state index contributed by atoms with van der Waals surface area (Å²) in [7, 11) is 0. The summed E-state index contributed by atoms with van der Waals surface area (Å²) in [6, 6.07) is 0. The molecule has 0 aromatic carbocycles. The molecule has 20 valence electrons.